The van der Waals surface area contributed by atoms with Gasteiger partial charge in [0.1, 0.15) is 15.0 Å². The predicted octanol–water partition coefficient (Wildman–Crippen LogP) is 2.85. The van der Waals surface area contributed by atoms with E-state index < -0.39 is 0 Å². The van der Waals surface area contributed by atoms with Crippen molar-refractivity contribution in [3.8, 4) is 0 Å². The van der Waals surface area contributed by atoms with E-state index in [1.165, 1.54) is 14.2 Å². The Balaban J connectivity index is 0.000000156. The highest BCUT2D eigenvalue weighted by Crippen LogP contribution is 2.11. The molecule has 8 nitrogen and oxygen atoms in total. The molecule has 4 aromatic heterocycles. The van der Waals surface area contributed by atoms with Gasteiger partial charge in [0, 0.05) is 24.8 Å². The van der Waals surface area contributed by atoms with Gasteiger partial charge in [-0.15, -0.1) is 0 Å². The molecular weight excluding hydrogens is 463 g/mol. The van der Waals surface area contributed by atoms with Crippen molar-refractivity contribution in [2.45, 2.75) is 0 Å². The monoisotopic (exact) mass is 478 g/mol. The van der Waals surface area contributed by atoms with Gasteiger partial charge < -0.3 is 13.9 Å². The summed E-state index contributed by atoms with van der Waals surface area (Å²) in [7, 11) is 2.72. The Morgan fingerprint density at radius 3 is 2.22 bits per heavy atom. The van der Waals surface area contributed by atoms with Crippen LogP contribution in [0.4, 0.5) is 0 Å². The maximum atomic E-state index is 11.2. The molecule has 0 unspecified atom stereocenters. The van der Waals surface area contributed by atoms with Gasteiger partial charge >= 0.3 is 11.9 Å². The number of esters is 2. The third-order valence-electron chi connectivity index (χ3n) is 3.71. The Hall–Kier alpha value is -2.95. The zero-order valence-electron chi connectivity index (χ0n) is 14.5. The summed E-state index contributed by atoms with van der Waals surface area (Å²) in [5, 5.41) is 0. The Kier molecular flexibility index (Phi) is 5.69. The largest absolute Gasteiger partial charge is 0.465 e. The second kappa shape index (κ2) is 8.16. The lowest BCUT2D eigenvalue weighted by Crippen LogP contribution is -2.02. The molecule has 0 saturated heterocycles. The summed E-state index contributed by atoms with van der Waals surface area (Å²) in [5.41, 5.74) is 2.52. The van der Waals surface area contributed by atoms with Gasteiger partial charge in [0.05, 0.1) is 31.5 Å². The number of hydrogen-bond donors (Lipinski definition) is 0. The van der Waals surface area contributed by atoms with E-state index in [9.17, 15) is 9.59 Å². The number of rotatable bonds is 2. The highest BCUT2D eigenvalue weighted by molar-refractivity contribution is 14.1. The van der Waals surface area contributed by atoms with Crippen molar-refractivity contribution in [2.24, 2.45) is 0 Å². The first kappa shape index (κ1) is 18.8. The highest BCUT2D eigenvalue weighted by Gasteiger charge is 2.07. The molecule has 27 heavy (non-hydrogen) atoms. The van der Waals surface area contributed by atoms with Crippen LogP contribution in [0.2, 0.25) is 0 Å². The second-order valence-corrected chi connectivity index (χ2v) is 6.42. The molecule has 9 heteroatoms. The third-order valence-corrected chi connectivity index (χ3v) is 4.51. The van der Waals surface area contributed by atoms with Crippen molar-refractivity contribution < 1.29 is 19.1 Å². The molecule has 0 saturated carbocycles. The lowest BCUT2D eigenvalue weighted by atomic mass is 10.3. The molecule has 0 spiro atoms. The quantitative estimate of drug-likeness (QED) is 0.326. The molecule has 0 atom stereocenters. The molecule has 0 radical (unpaired) electrons. The van der Waals surface area contributed by atoms with E-state index in [4.69, 9.17) is 0 Å². The number of methoxy groups -OCH3 is 2. The fourth-order valence-corrected chi connectivity index (χ4v) is 2.90. The van der Waals surface area contributed by atoms with E-state index in [2.05, 4.69) is 42.0 Å². The SMILES string of the molecule is COC(=O)c1ccn2c(I)cnc2c1.COC(=O)c1ccn2ccnc2c1. The van der Waals surface area contributed by atoms with Crippen LogP contribution in [0.1, 0.15) is 20.7 Å². The number of fused-ring (bicyclic) bond motifs is 2. The Morgan fingerprint density at radius 2 is 1.56 bits per heavy atom. The highest BCUT2D eigenvalue weighted by atomic mass is 127. The fraction of sp³-hybridized carbons (Fsp3) is 0.111. The minimum absolute atomic E-state index is 0.342. The van der Waals surface area contributed by atoms with E-state index in [1.807, 2.05) is 15.0 Å². The van der Waals surface area contributed by atoms with E-state index in [0.29, 0.717) is 11.1 Å². The minimum atomic E-state index is -0.342. The molecule has 0 N–H and O–H groups in total. The molecule has 0 aliphatic heterocycles. The number of hydrogen-bond acceptors (Lipinski definition) is 6. The van der Waals surface area contributed by atoms with Crippen molar-refractivity contribution in [1.29, 1.82) is 0 Å². The summed E-state index contributed by atoms with van der Waals surface area (Å²) in [6, 6.07) is 6.79. The van der Waals surface area contributed by atoms with Gasteiger partial charge in [0.2, 0.25) is 0 Å². The van der Waals surface area contributed by atoms with Gasteiger partial charge in [-0.05, 0) is 46.9 Å². The van der Waals surface area contributed by atoms with E-state index in [-0.39, 0.29) is 11.9 Å². The van der Waals surface area contributed by atoms with E-state index >= 15 is 0 Å². The molecule has 0 fully saturated rings. The first-order chi connectivity index (χ1) is 13.0. The van der Waals surface area contributed by atoms with Crippen molar-refractivity contribution in [3.63, 3.8) is 0 Å². The number of imidazole rings is 2. The number of aromatic nitrogens is 4. The van der Waals surface area contributed by atoms with Crippen LogP contribution in [0.3, 0.4) is 0 Å². The van der Waals surface area contributed by atoms with Crippen molar-refractivity contribution >= 4 is 45.8 Å². The average molecular weight is 478 g/mol. The van der Waals surface area contributed by atoms with E-state index in [0.717, 1.165) is 15.0 Å². The summed E-state index contributed by atoms with van der Waals surface area (Å²) in [5.74, 6) is -0.684. The van der Waals surface area contributed by atoms with Crippen molar-refractivity contribution in [3.05, 3.63) is 70.1 Å². The smallest absolute Gasteiger partial charge is 0.338 e. The second-order valence-electron chi connectivity index (χ2n) is 5.32. The fourth-order valence-electron chi connectivity index (χ4n) is 2.35. The lowest BCUT2D eigenvalue weighted by molar-refractivity contribution is 0.0592. The standard InChI is InChI=1S/C9H7IN2O2.C9H8N2O2/c1-14-9(13)6-2-3-12-7(10)5-11-8(12)4-6;1-13-9(12)7-2-4-11-5-3-10-8(11)6-7/h2-5H,1H3;2-6H,1H3. The van der Waals surface area contributed by atoms with Crippen molar-refractivity contribution in [1.82, 2.24) is 18.8 Å². The predicted molar refractivity (Wildman–Crippen MR) is 106 cm³/mol. The van der Waals surface area contributed by atoms with Crippen LogP contribution >= 0.6 is 22.6 Å². The van der Waals surface area contributed by atoms with Crippen LogP contribution < -0.4 is 0 Å². The average Bonchev–Trinajstić information content (AvgIpc) is 3.33. The third kappa shape index (κ3) is 4.08. The molecule has 0 bridgehead atoms. The Bertz CT molecular complexity index is 1120. The molecule has 4 heterocycles. The first-order valence-electron chi connectivity index (χ1n) is 7.75. The first-order valence-corrected chi connectivity index (χ1v) is 8.83. The van der Waals surface area contributed by atoms with Gasteiger partial charge in [0.15, 0.2) is 0 Å². The molecule has 0 aliphatic carbocycles. The van der Waals surface area contributed by atoms with Crippen molar-refractivity contribution in [2.75, 3.05) is 14.2 Å². The molecule has 0 aliphatic rings. The van der Waals surface area contributed by atoms with Gasteiger partial charge in [-0.3, -0.25) is 4.40 Å². The molecule has 4 rings (SSSR count). The van der Waals surface area contributed by atoms with Gasteiger partial charge in [-0.2, -0.15) is 0 Å². The van der Waals surface area contributed by atoms with Crippen LogP contribution in [0.5, 0.6) is 0 Å². The zero-order valence-corrected chi connectivity index (χ0v) is 16.7. The van der Waals surface area contributed by atoms with Crippen LogP contribution in [-0.2, 0) is 9.47 Å². The number of nitrogens with zero attached hydrogens (tertiary/aromatic N) is 4. The normalized spacial score (nSPS) is 10.3. The summed E-state index contributed by atoms with van der Waals surface area (Å²) >= 11 is 2.18. The number of halogens is 1. The topological polar surface area (TPSA) is 87.2 Å². The van der Waals surface area contributed by atoms with Crippen LogP contribution in [0, 0.1) is 3.70 Å². The summed E-state index contributed by atoms with van der Waals surface area (Å²) in [6.45, 7) is 0. The zero-order chi connectivity index (χ0) is 19.4. The molecule has 0 aromatic carbocycles. The Morgan fingerprint density at radius 1 is 0.926 bits per heavy atom. The summed E-state index contributed by atoms with van der Waals surface area (Å²) in [4.78, 5) is 30.5. The number of carbonyl (C=O) groups excluding carboxylic acids is 2. The number of ether oxygens (including phenoxy) is 2. The van der Waals surface area contributed by atoms with Gasteiger partial charge in [0.25, 0.3) is 0 Å². The van der Waals surface area contributed by atoms with Crippen LogP contribution in [0.25, 0.3) is 11.3 Å². The van der Waals surface area contributed by atoms with Gasteiger partial charge in [-0.1, -0.05) is 0 Å². The van der Waals surface area contributed by atoms with Crippen LogP contribution in [-0.4, -0.2) is 44.9 Å². The minimum Gasteiger partial charge on any atom is -0.465 e. The van der Waals surface area contributed by atoms with E-state index in [1.54, 1.807) is 49.1 Å². The molecule has 138 valence electrons. The number of carbonyl (C=O) groups is 2. The van der Waals surface area contributed by atoms with Crippen LogP contribution in [0.15, 0.2) is 55.2 Å². The number of pyridine rings is 2. The van der Waals surface area contributed by atoms with Gasteiger partial charge in [-0.25, -0.2) is 19.6 Å². The maximum absolute atomic E-state index is 11.2. The summed E-state index contributed by atoms with van der Waals surface area (Å²) < 4.78 is 13.9. The molecular formula is C18H15IN4O4. The maximum Gasteiger partial charge on any atom is 0.338 e. The molecule has 0 amide bonds. The summed E-state index contributed by atoms with van der Waals surface area (Å²) in [6.07, 6.45) is 8.81. The Labute approximate surface area is 167 Å². The lowest BCUT2D eigenvalue weighted by Gasteiger charge is -1.99. The molecule has 4 aromatic rings.